The molecule has 0 saturated heterocycles. The van der Waals surface area contributed by atoms with Gasteiger partial charge in [-0.2, -0.15) is 5.10 Å². The molecule has 1 aliphatic carbocycles. The molecule has 1 amide bonds. The Morgan fingerprint density at radius 1 is 1.37 bits per heavy atom. The van der Waals surface area contributed by atoms with Crippen molar-refractivity contribution in [1.29, 1.82) is 0 Å². The van der Waals surface area contributed by atoms with Crippen LogP contribution in [0.4, 0.5) is 5.69 Å². The van der Waals surface area contributed by atoms with Gasteiger partial charge in [-0.3, -0.25) is 9.59 Å². The first-order valence-electron chi connectivity index (χ1n) is 9.19. The summed E-state index contributed by atoms with van der Waals surface area (Å²) in [5.41, 5.74) is 1.57. The van der Waals surface area contributed by atoms with E-state index in [0.717, 1.165) is 31.2 Å². The van der Waals surface area contributed by atoms with Crippen LogP contribution in [0.15, 0.2) is 18.2 Å². The largest absolute Gasteiger partial charge is 0.497 e. The molecule has 27 heavy (non-hydrogen) atoms. The Labute approximate surface area is 156 Å². The molecule has 1 fully saturated rings. The van der Waals surface area contributed by atoms with E-state index in [-0.39, 0.29) is 30.7 Å². The molecule has 0 bridgehead atoms. The number of benzene rings is 1. The third-order valence-corrected chi connectivity index (χ3v) is 5.33. The fourth-order valence-corrected chi connectivity index (χ4v) is 4.03. The second-order valence-electron chi connectivity index (χ2n) is 7.12. The number of aliphatic carboxylic acids is 1. The maximum atomic E-state index is 12.2. The van der Waals surface area contributed by atoms with Crippen molar-refractivity contribution in [1.82, 2.24) is 14.8 Å². The SMILES string of the molecule is COc1ccc2c(c1)[C@H](c1nc(C3CCCC3)nn1CC(=O)O)CC(=O)N2. The molecular formula is C19H22N4O4. The summed E-state index contributed by atoms with van der Waals surface area (Å²) in [4.78, 5) is 28.3. The monoisotopic (exact) mass is 370 g/mol. The van der Waals surface area contributed by atoms with E-state index in [1.165, 1.54) is 4.68 Å². The summed E-state index contributed by atoms with van der Waals surface area (Å²) < 4.78 is 6.77. The van der Waals surface area contributed by atoms with E-state index in [9.17, 15) is 14.7 Å². The highest BCUT2D eigenvalue weighted by atomic mass is 16.5. The second kappa shape index (κ2) is 7.02. The minimum absolute atomic E-state index is 0.120. The highest BCUT2D eigenvalue weighted by molar-refractivity contribution is 5.95. The van der Waals surface area contributed by atoms with E-state index in [0.29, 0.717) is 23.1 Å². The molecule has 2 aromatic rings. The molecule has 1 aromatic heterocycles. The first-order valence-corrected chi connectivity index (χ1v) is 9.19. The quantitative estimate of drug-likeness (QED) is 0.838. The van der Waals surface area contributed by atoms with Gasteiger partial charge in [-0.15, -0.1) is 0 Å². The van der Waals surface area contributed by atoms with Crippen LogP contribution in [0, 0.1) is 0 Å². The topological polar surface area (TPSA) is 106 Å². The van der Waals surface area contributed by atoms with E-state index >= 15 is 0 Å². The van der Waals surface area contributed by atoms with Gasteiger partial charge in [-0.05, 0) is 36.6 Å². The summed E-state index contributed by atoms with van der Waals surface area (Å²) in [5.74, 6) is 0.708. The zero-order valence-corrected chi connectivity index (χ0v) is 15.1. The maximum absolute atomic E-state index is 12.2. The van der Waals surface area contributed by atoms with Crippen molar-refractivity contribution in [2.24, 2.45) is 0 Å². The van der Waals surface area contributed by atoms with Crippen LogP contribution in [-0.2, 0) is 16.1 Å². The Hall–Kier alpha value is -2.90. The number of anilines is 1. The van der Waals surface area contributed by atoms with Gasteiger partial charge in [0, 0.05) is 18.0 Å². The minimum Gasteiger partial charge on any atom is -0.497 e. The van der Waals surface area contributed by atoms with Crippen LogP contribution in [0.5, 0.6) is 5.75 Å². The van der Waals surface area contributed by atoms with Crippen LogP contribution in [0.2, 0.25) is 0 Å². The lowest BCUT2D eigenvalue weighted by Gasteiger charge is -2.25. The van der Waals surface area contributed by atoms with Crippen LogP contribution in [0.25, 0.3) is 0 Å². The number of carboxylic acid groups (broad SMARTS) is 1. The number of aromatic nitrogens is 3. The molecule has 0 spiro atoms. The van der Waals surface area contributed by atoms with Crippen molar-refractivity contribution in [3.63, 3.8) is 0 Å². The highest BCUT2D eigenvalue weighted by Crippen LogP contribution is 2.40. The number of hydrogen-bond acceptors (Lipinski definition) is 5. The molecule has 0 radical (unpaired) electrons. The number of carbonyl (C=O) groups excluding carboxylic acids is 1. The summed E-state index contributed by atoms with van der Waals surface area (Å²) in [6, 6.07) is 5.45. The lowest BCUT2D eigenvalue weighted by atomic mass is 9.89. The lowest BCUT2D eigenvalue weighted by molar-refractivity contribution is -0.138. The number of carbonyl (C=O) groups is 2. The molecule has 2 N–H and O–H groups in total. The Morgan fingerprint density at radius 3 is 2.85 bits per heavy atom. The van der Waals surface area contributed by atoms with Crippen molar-refractivity contribution >= 4 is 17.6 Å². The predicted molar refractivity (Wildman–Crippen MR) is 97.0 cm³/mol. The van der Waals surface area contributed by atoms with Gasteiger partial charge in [-0.1, -0.05) is 12.8 Å². The maximum Gasteiger partial charge on any atom is 0.325 e. The molecule has 1 atom stereocenters. The standard InChI is InChI=1S/C19H22N4O4/c1-27-12-6-7-15-13(8-12)14(9-16(24)20-15)19-21-18(11-4-2-3-5-11)22-23(19)10-17(25)26/h6-8,11,14H,2-5,9-10H2,1H3,(H,20,24)(H,25,26)/t14-/m1/s1. The lowest BCUT2D eigenvalue weighted by Crippen LogP contribution is -2.26. The molecule has 8 nitrogen and oxygen atoms in total. The summed E-state index contributed by atoms with van der Waals surface area (Å²) in [6.07, 6.45) is 4.51. The van der Waals surface area contributed by atoms with Gasteiger partial charge in [0.2, 0.25) is 5.91 Å². The Morgan fingerprint density at radius 2 is 2.15 bits per heavy atom. The van der Waals surface area contributed by atoms with Crippen molar-refractivity contribution < 1.29 is 19.4 Å². The number of hydrogen-bond donors (Lipinski definition) is 2. The number of methoxy groups -OCH3 is 1. The summed E-state index contributed by atoms with van der Waals surface area (Å²) in [7, 11) is 1.59. The average Bonchev–Trinajstić information content (AvgIpc) is 3.30. The third kappa shape index (κ3) is 3.39. The van der Waals surface area contributed by atoms with Gasteiger partial charge in [0.15, 0.2) is 5.82 Å². The average molecular weight is 370 g/mol. The number of nitrogens with one attached hydrogen (secondary N) is 1. The second-order valence-corrected chi connectivity index (χ2v) is 7.12. The molecule has 2 heterocycles. The number of ether oxygens (including phenoxy) is 1. The predicted octanol–water partition coefficient (Wildman–Crippen LogP) is 2.50. The fourth-order valence-electron chi connectivity index (χ4n) is 4.03. The van der Waals surface area contributed by atoms with Crippen LogP contribution < -0.4 is 10.1 Å². The van der Waals surface area contributed by atoms with Crippen LogP contribution >= 0.6 is 0 Å². The van der Waals surface area contributed by atoms with Gasteiger partial charge in [0.05, 0.1) is 13.0 Å². The molecule has 8 heteroatoms. The fraction of sp³-hybridized carbons (Fsp3) is 0.474. The first kappa shape index (κ1) is 17.5. The summed E-state index contributed by atoms with van der Waals surface area (Å²) >= 11 is 0. The molecule has 2 aliphatic rings. The molecule has 0 unspecified atom stereocenters. The van der Waals surface area contributed by atoms with Crippen molar-refractivity contribution in [3.8, 4) is 5.75 Å². The van der Waals surface area contributed by atoms with Crippen molar-refractivity contribution in [2.45, 2.75) is 50.5 Å². The minimum atomic E-state index is -0.981. The molecule has 142 valence electrons. The molecule has 1 aliphatic heterocycles. The first-order chi connectivity index (χ1) is 13.0. The number of amides is 1. The van der Waals surface area contributed by atoms with Gasteiger partial charge in [0.25, 0.3) is 0 Å². The molecule has 1 aromatic carbocycles. The Balaban J connectivity index is 1.79. The summed E-state index contributed by atoms with van der Waals surface area (Å²) in [6.45, 7) is -0.271. The van der Waals surface area contributed by atoms with Crippen LogP contribution in [0.1, 0.15) is 61.2 Å². The van der Waals surface area contributed by atoms with E-state index < -0.39 is 5.97 Å². The zero-order valence-electron chi connectivity index (χ0n) is 15.1. The van der Waals surface area contributed by atoms with Crippen LogP contribution in [-0.4, -0.2) is 38.9 Å². The number of carboxylic acids is 1. The number of fused-ring (bicyclic) bond motifs is 1. The molecular weight excluding hydrogens is 348 g/mol. The van der Waals surface area contributed by atoms with E-state index in [2.05, 4.69) is 10.4 Å². The normalized spacial score (nSPS) is 19.6. The van der Waals surface area contributed by atoms with E-state index in [1.54, 1.807) is 19.2 Å². The molecule has 4 rings (SSSR count). The molecule has 1 saturated carbocycles. The van der Waals surface area contributed by atoms with Crippen molar-refractivity contribution in [3.05, 3.63) is 35.4 Å². The van der Waals surface area contributed by atoms with Gasteiger partial charge < -0.3 is 15.2 Å². The zero-order chi connectivity index (χ0) is 19.0. The van der Waals surface area contributed by atoms with Gasteiger partial charge in [-0.25, -0.2) is 9.67 Å². The number of rotatable bonds is 5. The van der Waals surface area contributed by atoms with E-state index in [4.69, 9.17) is 9.72 Å². The van der Waals surface area contributed by atoms with E-state index in [1.807, 2.05) is 6.07 Å². The van der Waals surface area contributed by atoms with Crippen molar-refractivity contribution in [2.75, 3.05) is 12.4 Å². The van der Waals surface area contributed by atoms with Gasteiger partial charge >= 0.3 is 5.97 Å². The number of nitrogens with zero attached hydrogens (tertiary/aromatic N) is 3. The van der Waals surface area contributed by atoms with Crippen LogP contribution in [0.3, 0.4) is 0 Å². The highest BCUT2D eigenvalue weighted by Gasteiger charge is 2.33. The summed E-state index contributed by atoms with van der Waals surface area (Å²) in [5, 5.41) is 16.7. The third-order valence-electron chi connectivity index (χ3n) is 5.33. The smallest absolute Gasteiger partial charge is 0.325 e. The Bertz CT molecular complexity index is 886. The van der Waals surface area contributed by atoms with Gasteiger partial charge in [0.1, 0.15) is 18.1 Å². The Kier molecular flexibility index (Phi) is 4.55.